The molecule has 0 bridgehead atoms. The van der Waals surface area contributed by atoms with Gasteiger partial charge >= 0.3 is 0 Å². The Hall–Kier alpha value is -2.90. The monoisotopic (exact) mass is 456 g/mol. The third-order valence-corrected chi connectivity index (χ3v) is 6.27. The van der Waals surface area contributed by atoms with Crippen molar-refractivity contribution < 1.29 is 9.53 Å². The maximum Gasteiger partial charge on any atom is 0.260 e. The van der Waals surface area contributed by atoms with Crippen molar-refractivity contribution in [1.29, 1.82) is 0 Å². The number of hydrogen-bond acceptors (Lipinski definition) is 5. The minimum atomic E-state index is -0.0760. The molecule has 0 atom stereocenters. The summed E-state index contributed by atoms with van der Waals surface area (Å²) in [6, 6.07) is 11.4. The Labute approximate surface area is 191 Å². The molecule has 2 heterocycles. The second-order valence-electron chi connectivity index (χ2n) is 7.19. The maximum atomic E-state index is 13.5. The Morgan fingerprint density at radius 1 is 1.23 bits per heavy atom. The number of carbonyl (C=O) groups is 1. The minimum Gasteiger partial charge on any atom is -0.497 e. The smallest absolute Gasteiger partial charge is 0.260 e. The molecular formula is C23H25ClN4O2S. The predicted molar refractivity (Wildman–Crippen MR) is 128 cm³/mol. The minimum absolute atomic E-state index is 0. The normalized spacial score (nSPS) is 10.7. The lowest BCUT2D eigenvalue weighted by Crippen LogP contribution is -2.32. The fourth-order valence-corrected chi connectivity index (χ4v) is 4.41. The van der Waals surface area contributed by atoms with Crippen LogP contribution < -0.4 is 9.64 Å². The number of ether oxygens (including phenoxy) is 1. The fraction of sp³-hybridized carbons (Fsp3) is 0.261. The molecule has 0 radical (unpaired) electrons. The first-order chi connectivity index (χ1) is 14.6. The van der Waals surface area contributed by atoms with Crippen molar-refractivity contribution in [2.45, 2.75) is 26.8 Å². The van der Waals surface area contributed by atoms with E-state index in [4.69, 9.17) is 9.72 Å². The molecular weight excluding hydrogens is 432 g/mol. The molecule has 0 saturated carbocycles. The number of benzene rings is 2. The van der Waals surface area contributed by atoms with Gasteiger partial charge in [0.1, 0.15) is 5.75 Å². The van der Waals surface area contributed by atoms with Crippen molar-refractivity contribution in [3.8, 4) is 5.75 Å². The molecule has 0 N–H and O–H groups in total. The summed E-state index contributed by atoms with van der Waals surface area (Å²) in [6.45, 7) is 5.50. The number of amides is 1. The zero-order chi connectivity index (χ0) is 21.1. The van der Waals surface area contributed by atoms with Gasteiger partial charge in [0.25, 0.3) is 5.91 Å². The summed E-state index contributed by atoms with van der Waals surface area (Å²) in [4.78, 5) is 24.2. The van der Waals surface area contributed by atoms with Gasteiger partial charge in [-0.05, 0) is 55.7 Å². The number of nitrogens with zero attached hydrogens (tertiary/aromatic N) is 4. The molecule has 4 rings (SSSR count). The Balaban J connectivity index is 0.00000272. The van der Waals surface area contributed by atoms with Crippen LogP contribution >= 0.6 is 23.7 Å². The van der Waals surface area contributed by atoms with E-state index in [0.717, 1.165) is 33.9 Å². The molecule has 1 amide bonds. The second-order valence-corrected chi connectivity index (χ2v) is 8.20. The summed E-state index contributed by atoms with van der Waals surface area (Å²) in [5, 5.41) is 0.720. The summed E-state index contributed by atoms with van der Waals surface area (Å²) < 4.78 is 8.41. The van der Waals surface area contributed by atoms with Crippen LogP contribution in [0.1, 0.15) is 27.9 Å². The van der Waals surface area contributed by atoms with Crippen molar-refractivity contribution in [2.75, 3.05) is 18.6 Å². The Kier molecular flexibility index (Phi) is 7.30. The largest absolute Gasteiger partial charge is 0.497 e. The van der Waals surface area contributed by atoms with E-state index >= 15 is 0 Å². The van der Waals surface area contributed by atoms with Gasteiger partial charge in [0, 0.05) is 31.0 Å². The van der Waals surface area contributed by atoms with E-state index in [1.807, 2.05) is 29.0 Å². The lowest BCUT2D eigenvalue weighted by Gasteiger charge is -2.20. The predicted octanol–water partition coefficient (Wildman–Crippen LogP) is 5.28. The number of imidazole rings is 1. The van der Waals surface area contributed by atoms with Crippen LogP contribution in [0.15, 0.2) is 55.1 Å². The van der Waals surface area contributed by atoms with Crippen molar-refractivity contribution in [1.82, 2.24) is 14.5 Å². The van der Waals surface area contributed by atoms with Gasteiger partial charge < -0.3 is 9.30 Å². The number of fused-ring (bicyclic) bond motifs is 1. The van der Waals surface area contributed by atoms with Crippen LogP contribution in [0, 0.1) is 13.8 Å². The number of thiazole rings is 1. The molecule has 4 aromatic rings. The lowest BCUT2D eigenvalue weighted by atomic mass is 10.1. The maximum absolute atomic E-state index is 13.5. The first-order valence-electron chi connectivity index (χ1n) is 9.85. The molecule has 0 fully saturated rings. The van der Waals surface area contributed by atoms with Gasteiger partial charge in [0.2, 0.25) is 0 Å². The van der Waals surface area contributed by atoms with E-state index in [1.54, 1.807) is 41.9 Å². The average molecular weight is 457 g/mol. The first kappa shape index (κ1) is 22.8. The van der Waals surface area contributed by atoms with E-state index in [9.17, 15) is 4.79 Å². The molecule has 0 unspecified atom stereocenters. The standard InChI is InChI=1S/C23H24N4O2S.ClH/c1-16-8-9-20-21(17(16)2)25-23(30-20)27(12-5-11-26-13-10-24-15-26)22(28)18-6-4-7-19(14-18)29-3;/h4,6-10,13-15H,5,11-12H2,1-3H3;1H. The van der Waals surface area contributed by atoms with Crippen LogP contribution in [0.3, 0.4) is 0 Å². The molecule has 0 aliphatic rings. The number of hydrogen-bond donors (Lipinski definition) is 0. The molecule has 6 nitrogen and oxygen atoms in total. The van der Waals surface area contributed by atoms with E-state index in [2.05, 4.69) is 31.0 Å². The van der Waals surface area contributed by atoms with Gasteiger partial charge in [0.05, 0.1) is 23.7 Å². The topological polar surface area (TPSA) is 60.2 Å². The molecule has 2 aromatic carbocycles. The van der Waals surface area contributed by atoms with Crippen molar-refractivity contribution in [3.63, 3.8) is 0 Å². The number of anilines is 1. The number of halogens is 1. The molecule has 8 heteroatoms. The number of aryl methyl sites for hydroxylation is 3. The SMILES string of the molecule is COc1cccc(C(=O)N(CCCn2ccnc2)c2nc3c(C)c(C)ccc3s2)c1.Cl. The third-order valence-electron chi connectivity index (χ3n) is 5.22. The van der Waals surface area contributed by atoms with Crippen LogP contribution in [0.4, 0.5) is 5.13 Å². The van der Waals surface area contributed by atoms with E-state index in [0.29, 0.717) is 17.9 Å². The highest BCUT2D eigenvalue weighted by Gasteiger charge is 2.22. The van der Waals surface area contributed by atoms with Gasteiger partial charge in [-0.3, -0.25) is 9.69 Å². The highest BCUT2D eigenvalue weighted by Crippen LogP contribution is 2.33. The number of methoxy groups -OCH3 is 1. The fourth-order valence-electron chi connectivity index (χ4n) is 3.36. The van der Waals surface area contributed by atoms with E-state index < -0.39 is 0 Å². The van der Waals surface area contributed by atoms with E-state index in [-0.39, 0.29) is 18.3 Å². The Bertz CT molecular complexity index is 1170. The molecule has 162 valence electrons. The van der Waals surface area contributed by atoms with Crippen molar-refractivity contribution >= 4 is 45.0 Å². The lowest BCUT2D eigenvalue weighted by molar-refractivity contribution is 0.0986. The van der Waals surface area contributed by atoms with Crippen LogP contribution in [0.2, 0.25) is 0 Å². The van der Waals surface area contributed by atoms with Crippen LogP contribution in [-0.2, 0) is 6.54 Å². The molecule has 0 saturated heterocycles. The highest BCUT2D eigenvalue weighted by molar-refractivity contribution is 7.22. The molecule has 0 aliphatic carbocycles. The Morgan fingerprint density at radius 3 is 2.81 bits per heavy atom. The quantitative estimate of drug-likeness (QED) is 0.379. The molecule has 31 heavy (non-hydrogen) atoms. The van der Waals surface area contributed by atoms with Gasteiger partial charge in [-0.1, -0.05) is 23.5 Å². The van der Waals surface area contributed by atoms with Crippen molar-refractivity contribution in [3.05, 3.63) is 71.8 Å². The molecule has 0 aliphatic heterocycles. The van der Waals surface area contributed by atoms with Crippen LogP contribution in [0.25, 0.3) is 10.2 Å². The summed E-state index contributed by atoms with van der Waals surface area (Å²) in [6.07, 6.45) is 6.27. The highest BCUT2D eigenvalue weighted by atomic mass is 35.5. The zero-order valence-corrected chi connectivity index (χ0v) is 19.4. The summed E-state index contributed by atoms with van der Waals surface area (Å²) >= 11 is 1.55. The second kappa shape index (κ2) is 9.94. The molecule has 0 spiro atoms. The number of aromatic nitrogens is 3. The number of rotatable bonds is 7. The summed E-state index contributed by atoms with van der Waals surface area (Å²) in [5.74, 6) is 0.586. The third kappa shape index (κ3) is 4.89. The van der Waals surface area contributed by atoms with Gasteiger partial charge in [-0.15, -0.1) is 12.4 Å². The van der Waals surface area contributed by atoms with Crippen molar-refractivity contribution in [2.24, 2.45) is 0 Å². The average Bonchev–Trinajstić information content (AvgIpc) is 3.44. The Morgan fingerprint density at radius 2 is 2.06 bits per heavy atom. The van der Waals surface area contributed by atoms with E-state index in [1.165, 1.54) is 5.56 Å². The van der Waals surface area contributed by atoms with Crippen LogP contribution in [-0.4, -0.2) is 34.1 Å². The summed E-state index contributed by atoms with van der Waals surface area (Å²) in [7, 11) is 1.60. The zero-order valence-electron chi connectivity index (χ0n) is 17.7. The van der Waals surface area contributed by atoms with Gasteiger partial charge in [0.15, 0.2) is 5.13 Å². The van der Waals surface area contributed by atoms with Gasteiger partial charge in [-0.2, -0.15) is 0 Å². The van der Waals surface area contributed by atoms with Crippen LogP contribution in [0.5, 0.6) is 5.75 Å². The summed E-state index contributed by atoms with van der Waals surface area (Å²) in [5.41, 5.74) is 3.91. The van der Waals surface area contributed by atoms with Gasteiger partial charge in [-0.25, -0.2) is 9.97 Å². The molecule has 2 aromatic heterocycles. The first-order valence-corrected chi connectivity index (χ1v) is 10.7. The number of carbonyl (C=O) groups excluding carboxylic acids is 1.